The fraction of sp³-hybridized carbons (Fsp3) is 0.200. The van der Waals surface area contributed by atoms with Gasteiger partial charge in [-0.2, -0.15) is 0 Å². The molecule has 2 aromatic rings. The highest BCUT2D eigenvalue weighted by molar-refractivity contribution is 5.98. The third-order valence-corrected chi connectivity index (χ3v) is 3.43. The molecule has 9 nitrogen and oxygen atoms in total. The number of anilines is 1. The van der Waals surface area contributed by atoms with E-state index in [2.05, 4.69) is 16.2 Å². The van der Waals surface area contributed by atoms with Gasteiger partial charge in [-0.05, 0) is 37.1 Å². The molecule has 1 aromatic carbocycles. The van der Waals surface area contributed by atoms with Gasteiger partial charge in [0.05, 0.1) is 11.2 Å². The lowest BCUT2D eigenvalue weighted by Gasteiger charge is -2.09. The topological polar surface area (TPSA) is 127 Å². The molecular formula is C15H14N4O5. The fourth-order valence-electron chi connectivity index (χ4n) is 2.05. The first-order valence-electron chi connectivity index (χ1n) is 7.24. The summed E-state index contributed by atoms with van der Waals surface area (Å²) in [6.45, 7) is 0. The summed E-state index contributed by atoms with van der Waals surface area (Å²) in [5.74, 6) is -1.27. The Hall–Kier alpha value is -3.36. The van der Waals surface area contributed by atoms with Crippen molar-refractivity contribution in [2.45, 2.75) is 18.9 Å². The first-order valence-corrected chi connectivity index (χ1v) is 7.24. The molecular weight excluding hydrogens is 316 g/mol. The van der Waals surface area contributed by atoms with E-state index in [0.717, 1.165) is 12.8 Å². The van der Waals surface area contributed by atoms with Crippen LogP contribution in [0, 0.1) is 10.1 Å². The van der Waals surface area contributed by atoms with Gasteiger partial charge >= 0.3 is 5.91 Å². The molecule has 0 radical (unpaired) electrons. The number of nitro benzene ring substituents is 1. The number of carbonyl (C=O) groups is 2. The second-order valence-corrected chi connectivity index (χ2v) is 5.29. The van der Waals surface area contributed by atoms with Crippen LogP contribution >= 0.6 is 0 Å². The van der Waals surface area contributed by atoms with Gasteiger partial charge in [0.2, 0.25) is 0 Å². The average Bonchev–Trinajstić information content (AvgIpc) is 3.21. The Labute approximate surface area is 136 Å². The van der Waals surface area contributed by atoms with Crippen LogP contribution in [0.15, 0.2) is 41.0 Å². The molecule has 0 bridgehead atoms. The Morgan fingerprint density at radius 1 is 1.17 bits per heavy atom. The molecule has 24 heavy (non-hydrogen) atoms. The Balaban J connectivity index is 1.68. The highest BCUT2D eigenvalue weighted by Crippen LogP contribution is 2.31. The minimum Gasteiger partial charge on any atom is -0.459 e. The second-order valence-electron chi connectivity index (χ2n) is 5.29. The van der Waals surface area contributed by atoms with Crippen LogP contribution in [-0.4, -0.2) is 22.8 Å². The van der Waals surface area contributed by atoms with Crippen molar-refractivity contribution >= 4 is 23.2 Å². The summed E-state index contributed by atoms with van der Waals surface area (Å²) < 4.78 is 4.88. The molecule has 0 aliphatic heterocycles. The van der Waals surface area contributed by atoms with E-state index in [0.29, 0.717) is 5.69 Å². The standard InChI is InChI=1S/C15H14N4O5/c20-14(17-18-15(21)13-2-1-7-24-13)9-3-6-11(16-10-4-5-10)12(8-9)19(22)23/h1-3,6-8,10,16H,4-5H2,(H,17,20)(H,18,21). The van der Waals surface area contributed by atoms with Gasteiger partial charge in [-0.1, -0.05) is 0 Å². The van der Waals surface area contributed by atoms with E-state index in [1.165, 1.54) is 36.6 Å². The number of rotatable bonds is 5. The summed E-state index contributed by atoms with van der Waals surface area (Å²) in [6, 6.07) is 7.32. The van der Waals surface area contributed by atoms with Gasteiger partial charge in [0.25, 0.3) is 11.6 Å². The van der Waals surface area contributed by atoms with E-state index in [9.17, 15) is 19.7 Å². The number of nitrogens with zero attached hydrogens (tertiary/aromatic N) is 1. The lowest BCUT2D eigenvalue weighted by Crippen LogP contribution is -2.41. The molecule has 0 spiro atoms. The molecule has 1 aliphatic rings. The molecule has 124 valence electrons. The molecule has 1 saturated carbocycles. The number of carbonyl (C=O) groups excluding carboxylic acids is 2. The number of hydrazine groups is 1. The van der Waals surface area contributed by atoms with E-state index in [1.807, 2.05) is 0 Å². The number of benzene rings is 1. The third kappa shape index (κ3) is 3.51. The van der Waals surface area contributed by atoms with Crippen molar-refractivity contribution in [3.05, 3.63) is 58.0 Å². The zero-order valence-electron chi connectivity index (χ0n) is 12.4. The molecule has 3 rings (SSSR count). The van der Waals surface area contributed by atoms with Crippen LogP contribution < -0.4 is 16.2 Å². The van der Waals surface area contributed by atoms with Gasteiger partial charge in [-0.15, -0.1) is 0 Å². The molecule has 1 aliphatic carbocycles. The summed E-state index contributed by atoms with van der Waals surface area (Å²) in [5.41, 5.74) is 4.60. The van der Waals surface area contributed by atoms with Gasteiger partial charge in [0.1, 0.15) is 5.69 Å². The monoisotopic (exact) mass is 330 g/mol. The molecule has 1 heterocycles. The third-order valence-electron chi connectivity index (χ3n) is 3.43. The SMILES string of the molecule is O=C(NNC(=O)c1ccco1)c1ccc(NC2CC2)c([N+](=O)[O-])c1. The van der Waals surface area contributed by atoms with E-state index < -0.39 is 16.7 Å². The van der Waals surface area contributed by atoms with Gasteiger partial charge < -0.3 is 9.73 Å². The number of hydrogen-bond donors (Lipinski definition) is 3. The summed E-state index contributed by atoms with van der Waals surface area (Å²) >= 11 is 0. The van der Waals surface area contributed by atoms with E-state index in [1.54, 1.807) is 0 Å². The lowest BCUT2D eigenvalue weighted by molar-refractivity contribution is -0.384. The minimum absolute atomic E-state index is 0.0326. The first kappa shape index (κ1) is 15.5. The number of nitro groups is 1. The Morgan fingerprint density at radius 2 is 1.92 bits per heavy atom. The molecule has 1 aromatic heterocycles. The van der Waals surface area contributed by atoms with Crippen molar-refractivity contribution in [1.82, 2.24) is 10.9 Å². The predicted octanol–water partition coefficient (Wildman–Crippen LogP) is 1.84. The van der Waals surface area contributed by atoms with E-state index >= 15 is 0 Å². The minimum atomic E-state index is -0.670. The van der Waals surface area contributed by atoms with Gasteiger partial charge in [0, 0.05) is 17.7 Å². The smallest absolute Gasteiger partial charge is 0.305 e. The molecule has 3 N–H and O–H groups in total. The maximum absolute atomic E-state index is 12.0. The number of hydrogen-bond acceptors (Lipinski definition) is 6. The average molecular weight is 330 g/mol. The van der Waals surface area contributed by atoms with Gasteiger partial charge in [0.15, 0.2) is 5.76 Å². The predicted molar refractivity (Wildman–Crippen MR) is 83.4 cm³/mol. The van der Waals surface area contributed by atoms with Gasteiger partial charge in [-0.25, -0.2) is 0 Å². The Morgan fingerprint density at radius 3 is 2.54 bits per heavy atom. The van der Waals surface area contributed by atoms with Crippen LogP contribution in [0.4, 0.5) is 11.4 Å². The maximum Gasteiger partial charge on any atom is 0.305 e. The summed E-state index contributed by atoms with van der Waals surface area (Å²) in [7, 11) is 0. The van der Waals surface area contributed by atoms with E-state index in [4.69, 9.17) is 4.42 Å². The highest BCUT2D eigenvalue weighted by Gasteiger charge is 2.25. The van der Waals surface area contributed by atoms with Crippen LogP contribution in [0.2, 0.25) is 0 Å². The number of nitrogens with one attached hydrogen (secondary N) is 3. The largest absolute Gasteiger partial charge is 0.459 e. The number of amides is 2. The molecule has 0 atom stereocenters. The zero-order valence-corrected chi connectivity index (χ0v) is 12.4. The summed E-state index contributed by atoms with van der Waals surface area (Å²) in [5, 5.41) is 14.2. The van der Waals surface area contributed by atoms with Crippen LogP contribution in [0.25, 0.3) is 0 Å². The molecule has 0 unspecified atom stereocenters. The highest BCUT2D eigenvalue weighted by atomic mass is 16.6. The fourth-order valence-corrected chi connectivity index (χ4v) is 2.05. The lowest BCUT2D eigenvalue weighted by atomic mass is 10.1. The van der Waals surface area contributed by atoms with Crippen molar-refractivity contribution < 1.29 is 18.9 Å². The number of furan rings is 1. The molecule has 2 amide bonds. The second kappa shape index (κ2) is 6.41. The van der Waals surface area contributed by atoms with Crippen LogP contribution in [0.3, 0.4) is 0 Å². The normalized spacial score (nSPS) is 13.2. The van der Waals surface area contributed by atoms with Crippen LogP contribution in [0.1, 0.15) is 33.8 Å². The molecule has 0 saturated heterocycles. The van der Waals surface area contributed by atoms with Gasteiger partial charge in [-0.3, -0.25) is 30.6 Å². The Kier molecular flexibility index (Phi) is 4.15. The van der Waals surface area contributed by atoms with Crippen LogP contribution in [-0.2, 0) is 0 Å². The maximum atomic E-state index is 12.0. The summed E-state index contributed by atoms with van der Waals surface area (Å²) in [6.07, 6.45) is 3.27. The van der Waals surface area contributed by atoms with Crippen molar-refractivity contribution in [3.8, 4) is 0 Å². The van der Waals surface area contributed by atoms with Crippen molar-refractivity contribution in [3.63, 3.8) is 0 Å². The zero-order chi connectivity index (χ0) is 17.1. The summed E-state index contributed by atoms with van der Waals surface area (Å²) in [4.78, 5) is 34.3. The van der Waals surface area contributed by atoms with Crippen molar-refractivity contribution in [2.24, 2.45) is 0 Å². The molecule has 9 heteroatoms. The Bertz CT molecular complexity index is 783. The van der Waals surface area contributed by atoms with E-state index in [-0.39, 0.29) is 23.1 Å². The van der Waals surface area contributed by atoms with Crippen molar-refractivity contribution in [1.29, 1.82) is 0 Å². The van der Waals surface area contributed by atoms with Crippen LogP contribution in [0.5, 0.6) is 0 Å². The molecule has 1 fully saturated rings. The first-order chi connectivity index (χ1) is 11.5. The van der Waals surface area contributed by atoms with Crippen molar-refractivity contribution in [2.75, 3.05) is 5.32 Å². The quantitative estimate of drug-likeness (QED) is 0.567.